The van der Waals surface area contributed by atoms with Crippen molar-refractivity contribution in [2.45, 2.75) is 19.9 Å². The third-order valence-corrected chi connectivity index (χ3v) is 2.81. The van der Waals surface area contributed by atoms with Gasteiger partial charge in [0.05, 0.1) is 18.8 Å². The summed E-state index contributed by atoms with van der Waals surface area (Å²) in [4.78, 5) is 11.5. The molecular formula is C12H16N2O2. The van der Waals surface area contributed by atoms with Gasteiger partial charge in [-0.1, -0.05) is 26.0 Å². The van der Waals surface area contributed by atoms with E-state index in [4.69, 9.17) is 4.74 Å². The number of anilines is 1. The first kappa shape index (κ1) is 10.8. The van der Waals surface area contributed by atoms with Gasteiger partial charge in [0.1, 0.15) is 5.75 Å². The number of nitrogens with one attached hydrogen (secondary N) is 2. The van der Waals surface area contributed by atoms with Crippen molar-refractivity contribution in [2.24, 2.45) is 5.92 Å². The summed E-state index contributed by atoms with van der Waals surface area (Å²) >= 11 is 0. The first-order chi connectivity index (χ1) is 7.63. The summed E-state index contributed by atoms with van der Waals surface area (Å²) in [6.07, 6.45) is 0. The fourth-order valence-electron chi connectivity index (χ4n) is 2.01. The molecule has 1 aromatic rings. The Morgan fingerprint density at radius 3 is 2.75 bits per heavy atom. The molecular weight excluding hydrogens is 204 g/mol. The summed E-state index contributed by atoms with van der Waals surface area (Å²) in [5.41, 5.74) is 1.86. The molecule has 1 aliphatic rings. The molecule has 2 N–H and O–H groups in total. The van der Waals surface area contributed by atoms with Crippen LogP contribution in [0.15, 0.2) is 18.2 Å². The summed E-state index contributed by atoms with van der Waals surface area (Å²) in [7, 11) is 1.61. The first-order valence-electron chi connectivity index (χ1n) is 5.38. The lowest BCUT2D eigenvalue weighted by atomic mass is 9.93. The molecule has 2 amide bonds. The Kier molecular flexibility index (Phi) is 2.73. The summed E-state index contributed by atoms with van der Waals surface area (Å²) in [6.45, 7) is 4.17. The van der Waals surface area contributed by atoms with Crippen LogP contribution in [0.4, 0.5) is 10.5 Å². The zero-order valence-corrected chi connectivity index (χ0v) is 9.70. The van der Waals surface area contributed by atoms with Gasteiger partial charge < -0.3 is 15.4 Å². The number of urea groups is 1. The minimum Gasteiger partial charge on any atom is -0.495 e. The fourth-order valence-corrected chi connectivity index (χ4v) is 2.01. The van der Waals surface area contributed by atoms with E-state index in [1.165, 1.54) is 0 Å². The van der Waals surface area contributed by atoms with Gasteiger partial charge in [-0.2, -0.15) is 0 Å². The highest BCUT2D eigenvalue weighted by atomic mass is 16.5. The SMILES string of the molecule is COc1cccc2c1NC(=O)NC2C(C)C. The van der Waals surface area contributed by atoms with E-state index < -0.39 is 0 Å². The number of rotatable bonds is 2. The quantitative estimate of drug-likeness (QED) is 0.804. The van der Waals surface area contributed by atoms with Gasteiger partial charge in [0.2, 0.25) is 0 Å². The van der Waals surface area contributed by atoms with Gasteiger partial charge in [0.25, 0.3) is 0 Å². The second kappa shape index (κ2) is 4.04. The Morgan fingerprint density at radius 1 is 1.38 bits per heavy atom. The number of hydrogen-bond acceptors (Lipinski definition) is 2. The van der Waals surface area contributed by atoms with Gasteiger partial charge in [-0.25, -0.2) is 4.79 Å². The predicted molar refractivity (Wildman–Crippen MR) is 62.7 cm³/mol. The van der Waals surface area contributed by atoms with Crippen LogP contribution in [0.25, 0.3) is 0 Å². The average molecular weight is 220 g/mol. The Balaban J connectivity index is 2.51. The normalized spacial score (nSPS) is 18.8. The number of ether oxygens (including phenoxy) is 1. The maximum absolute atomic E-state index is 11.5. The average Bonchev–Trinajstić information content (AvgIpc) is 2.27. The van der Waals surface area contributed by atoms with Crippen LogP contribution in [0, 0.1) is 5.92 Å². The van der Waals surface area contributed by atoms with Crippen LogP contribution in [-0.4, -0.2) is 13.1 Å². The molecule has 4 heteroatoms. The van der Waals surface area contributed by atoms with Crippen LogP contribution in [0.5, 0.6) is 5.75 Å². The van der Waals surface area contributed by atoms with Crippen LogP contribution >= 0.6 is 0 Å². The van der Waals surface area contributed by atoms with E-state index in [9.17, 15) is 4.79 Å². The fraction of sp³-hybridized carbons (Fsp3) is 0.417. The highest BCUT2D eigenvalue weighted by Gasteiger charge is 2.28. The lowest BCUT2D eigenvalue weighted by molar-refractivity contribution is 0.242. The van der Waals surface area contributed by atoms with Crippen LogP contribution in [0.3, 0.4) is 0 Å². The third-order valence-electron chi connectivity index (χ3n) is 2.81. The van der Waals surface area contributed by atoms with Crippen molar-refractivity contribution in [3.05, 3.63) is 23.8 Å². The van der Waals surface area contributed by atoms with Crippen molar-refractivity contribution in [3.63, 3.8) is 0 Å². The predicted octanol–water partition coefficient (Wildman–Crippen LogP) is 2.53. The van der Waals surface area contributed by atoms with Crippen LogP contribution in [0.1, 0.15) is 25.5 Å². The Bertz CT molecular complexity index is 415. The molecule has 0 aromatic heterocycles. The van der Waals surface area contributed by atoms with E-state index in [0.29, 0.717) is 11.7 Å². The highest BCUT2D eigenvalue weighted by Crippen LogP contribution is 2.37. The summed E-state index contributed by atoms with van der Waals surface area (Å²) in [5.74, 6) is 1.05. The number of amides is 2. The minimum absolute atomic E-state index is 0.0406. The number of carbonyl (C=O) groups is 1. The number of methoxy groups -OCH3 is 1. The van der Waals surface area contributed by atoms with Crippen molar-refractivity contribution in [1.82, 2.24) is 5.32 Å². The lowest BCUT2D eigenvalue weighted by Gasteiger charge is -2.30. The molecule has 1 atom stereocenters. The monoisotopic (exact) mass is 220 g/mol. The Hall–Kier alpha value is -1.71. The van der Waals surface area contributed by atoms with Crippen LogP contribution in [-0.2, 0) is 0 Å². The number of hydrogen-bond donors (Lipinski definition) is 2. The van der Waals surface area contributed by atoms with E-state index in [1.807, 2.05) is 18.2 Å². The number of para-hydroxylation sites is 1. The Labute approximate surface area is 95.0 Å². The van der Waals surface area contributed by atoms with Crippen molar-refractivity contribution < 1.29 is 9.53 Å². The molecule has 0 fully saturated rings. The second-order valence-electron chi connectivity index (χ2n) is 4.24. The summed E-state index contributed by atoms with van der Waals surface area (Å²) in [6, 6.07) is 5.66. The van der Waals surface area contributed by atoms with E-state index in [-0.39, 0.29) is 12.1 Å². The molecule has 0 radical (unpaired) electrons. The molecule has 0 bridgehead atoms. The van der Waals surface area contributed by atoms with Gasteiger partial charge in [-0.05, 0) is 12.0 Å². The first-order valence-corrected chi connectivity index (χ1v) is 5.38. The van der Waals surface area contributed by atoms with E-state index in [0.717, 1.165) is 11.3 Å². The maximum atomic E-state index is 11.5. The Morgan fingerprint density at radius 2 is 2.12 bits per heavy atom. The topological polar surface area (TPSA) is 50.4 Å². The molecule has 4 nitrogen and oxygen atoms in total. The highest BCUT2D eigenvalue weighted by molar-refractivity contribution is 5.94. The van der Waals surface area contributed by atoms with E-state index in [1.54, 1.807) is 7.11 Å². The van der Waals surface area contributed by atoms with Crippen LogP contribution < -0.4 is 15.4 Å². The molecule has 0 spiro atoms. The van der Waals surface area contributed by atoms with Gasteiger partial charge in [0.15, 0.2) is 0 Å². The van der Waals surface area contributed by atoms with Crippen molar-refractivity contribution >= 4 is 11.7 Å². The molecule has 1 heterocycles. The molecule has 1 aromatic carbocycles. The molecule has 0 saturated heterocycles. The second-order valence-corrected chi connectivity index (χ2v) is 4.24. The molecule has 1 unspecified atom stereocenters. The molecule has 2 rings (SSSR count). The summed E-state index contributed by atoms with van der Waals surface area (Å²) in [5, 5.41) is 5.71. The zero-order chi connectivity index (χ0) is 11.7. The number of fused-ring (bicyclic) bond motifs is 1. The lowest BCUT2D eigenvalue weighted by Crippen LogP contribution is -2.40. The molecule has 0 saturated carbocycles. The van der Waals surface area contributed by atoms with Crippen molar-refractivity contribution in [3.8, 4) is 5.75 Å². The van der Waals surface area contributed by atoms with E-state index in [2.05, 4.69) is 24.5 Å². The molecule has 0 aliphatic carbocycles. The van der Waals surface area contributed by atoms with E-state index >= 15 is 0 Å². The number of benzene rings is 1. The molecule has 16 heavy (non-hydrogen) atoms. The minimum atomic E-state index is -0.171. The molecule has 1 aliphatic heterocycles. The molecule has 86 valence electrons. The standard InChI is InChI=1S/C12H16N2O2/c1-7(2)10-8-5-4-6-9(16-3)11(8)14-12(15)13-10/h4-7,10H,1-3H3,(H2,13,14,15). The van der Waals surface area contributed by atoms with Crippen molar-refractivity contribution in [1.29, 1.82) is 0 Å². The van der Waals surface area contributed by atoms with Gasteiger partial charge in [0, 0.05) is 5.56 Å². The number of carbonyl (C=O) groups excluding carboxylic acids is 1. The smallest absolute Gasteiger partial charge is 0.319 e. The van der Waals surface area contributed by atoms with Gasteiger partial charge in [-0.3, -0.25) is 0 Å². The van der Waals surface area contributed by atoms with Crippen LogP contribution in [0.2, 0.25) is 0 Å². The van der Waals surface area contributed by atoms with Gasteiger partial charge in [-0.15, -0.1) is 0 Å². The maximum Gasteiger partial charge on any atom is 0.319 e. The summed E-state index contributed by atoms with van der Waals surface area (Å²) < 4.78 is 5.25. The van der Waals surface area contributed by atoms with Gasteiger partial charge >= 0.3 is 6.03 Å². The third kappa shape index (κ3) is 1.71. The van der Waals surface area contributed by atoms with Crippen molar-refractivity contribution in [2.75, 3.05) is 12.4 Å². The zero-order valence-electron chi connectivity index (χ0n) is 9.70. The largest absolute Gasteiger partial charge is 0.495 e.